The summed E-state index contributed by atoms with van der Waals surface area (Å²) in [5.41, 5.74) is 2.44. The Kier molecular flexibility index (Phi) is 4.17. The Balaban J connectivity index is 1.95. The maximum absolute atomic E-state index is 12.6. The minimum absolute atomic E-state index is 0.0416. The van der Waals surface area contributed by atoms with Gasteiger partial charge >= 0.3 is 0 Å². The predicted molar refractivity (Wildman–Crippen MR) is 89.0 cm³/mol. The van der Waals surface area contributed by atoms with Gasteiger partial charge in [-0.15, -0.1) is 0 Å². The van der Waals surface area contributed by atoms with Crippen LogP contribution in [0.15, 0.2) is 24.5 Å². The molecular weight excluding hydrogens is 290 g/mol. The molecule has 23 heavy (non-hydrogen) atoms. The first-order chi connectivity index (χ1) is 11.0. The average Bonchev–Trinajstić information content (AvgIpc) is 2.92. The van der Waals surface area contributed by atoms with E-state index in [1.807, 2.05) is 12.1 Å². The molecular formula is C17H23N5O. The highest BCUT2D eigenvalue weighted by Gasteiger charge is 2.25. The minimum atomic E-state index is -0.109. The van der Waals surface area contributed by atoms with Crippen molar-refractivity contribution in [3.8, 4) is 11.4 Å². The molecule has 1 aliphatic heterocycles. The second-order valence-electron chi connectivity index (χ2n) is 7.04. The Bertz CT molecular complexity index is 700. The maximum atomic E-state index is 12.6. The molecule has 0 bridgehead atoms. The Labute approximate surface area is 136 Å². The number of hydrogen-bond acceptors (Lipinski definition) is 4. The van der Waals surface area contributed by atoms with Crippen LogP contribution in [0.5, 0.6) is 0 Å². The van der Waals surface area contributed by atoms with E-state index in [2.05, 4.69) is 45.9 Å². The van der Waals surface area contributed by atoms with Crippen molar-refractivity contribution in [3.05, 3.63) is 35.9 Å². The first-order valence-corrected chi connectivity index (χ1v) is 7.94. The lowest BCUT2D eigenvalue weighted by Crippen LogP contribution is -2.34. The highest BCUT2D eigenvalue weighted by molar-refractivity contribution is 5.94. The molecule has 0 unspecified atom stereocenters. The van der Waals surface area contributed by atoms with E-state index >= 15 is 0 Å². The van der Waals surface area contributed by atoms with Gasteiger partial charge in [0.15, 0.2) is 5.69 Å². The number of rotatable bonds is 3. The van der Waals surface area contributed by atoms with Crippen molar-refractivity contribution in [3.63, 3.8) is 0 Å². The van der Waals surface area contributed by atoms with Crippen LogP contribution in [0.3, 0.4) is 0 Å². The van der Waals surface area contributed by atoms with Crippen LogP contribution in [0.25, 0.3) is 11.4 Å². The number of carbonyl (C=O) groups excluding carboxylic acids is 1. The number of nitrogens with one attached hydrogen (secondary N) is 2. The van der Waals surface area contributed by atoms with Crippen molar-refractivity contribution in [2.75, 3.05) is 13.1 Å². The first-order valence-electron chi connectivity index (χ1n) is 7.94. The van der Waals surface area contributed by atoms with Gasteiger partial charge in [0.1, 0.15) is 5.82 Å². The summed E-state index contributed by atoms with van der Waals surface area (Å²) in [6, 6.07) is 3.86. The molecule has 3 rings (SSSR count). The summed E-state index contributed by atoms with van der Waals surface area (Å²) in [4.78, 5) is 21.4. The minimum Gasteiger partial charge on any atom is -0.350 e. The molecule has 6 nitrogen and oxygen atoms in total. The van der Waals surface area contributed by atoms with E-state index in [1.165, 1.54) is 0 Å². The van der Waals surface area contributed by atoms with Crippen LogP contribution in [0, 0.1) is 5.41 Å². The molecule has 1 aliphatic rings. The van der Waals surface area contributed by atoms with Gasteiger partial charge in [0.25, 0.3) is 5.91 Å². The predicted octanol–water partition coefficient (Wildman–Crippen LogP) is 1.82. The number of fused-ring (bicyclic) bond motifs is 1. The van der Waals surface area contributed by atoms with Crippen LogP contribution in [0.4, 0.5) is 0 Å². The van der Waals surface area contributed by atoms with Gasteiger partial charge in [-0.05, 0) is 17.5 Å². The lowest BCUT2D eigenvalue weighted by Gasteiger charge is -2.20. The van der Waals surface area contributed by atoms with E-state index in [1.54, 1.807) is 12.4 Å². The maximum Gasteiger partial charge on any atom is 0.271 e. The lowest BCUT2D eigenvalue weighted by molar-refractivity contribution is 0.0933. The quantitative estimate of drug-likeness (QED) is 0.907. The SMILES string of the molecule is CC(C)(C)CNC(=O)c1nc(-c2cccnc2)n2c1CNCC2. The van der Waals surface area contributed by atoms with Gasteiger partial charge < -0.3 is 15.2 Å². The summed E-state index contributed by atoms with van der Waals surface area (Å²) in [6.07, 6.45) is 3.52. The van der Waals surface area contributed by atoms with Crippen LogP contribution in [-0.2, 0) is 13.1 Å². The van der Waals surface area contributed by atoms with E-state index in [4.69, 9.17) is 0 Å². The number of carbonyl (C=O) groups is 1. The molecule has 0 fully saturated rings. The highest BCUT2D eigenvalue weighted by Crippen LogP contribution is 2.24. The Morgan fingerprint density at radius 3 is 2.96 bits per heavy atom. The Morgan fingerprint density at radius 2 is 2.26 bits per heavy atom. The zero-order chi connectivity index (χ0) is 16.4. The number of hydrogen-bond donors (Lipinski definition) is 2. The highest BCUT2D eigenvalue weighted by atomic mass is 16.1. The first kappa shape index (κ1) is 15.7. The third-order valence-electron chi connectivity index (χ3n) is 3.79. The number of amides is 1. The fourth-order valence-electron chi connectivity index (χ4n) is 2.63. The Morgan fingerprint density at radius 1 is 1.43 bits per heavy atom. The van der Waals surface area contributed by atoms with Crippen LogP contribution in [0.1, 0.15) is 37.0 Å². The van der Waals surface area contributed by atoms with E-state index in [0.29, 0.717) is 18.8 Å². The van der Waals surface area contributed by atoms with E-state index in [9.17, 15) is 4.79 Å². The fraction of sp³-hybridized carbons (Fsp3) is 0.471. The summed E-state index contributed by atoms with van der Waals surface area (Å²) in [7, 11) is 0. The smallest absolute Gasteiger partial charge is 0.271 e. The van der Waals surface area contributed by atoms with E-state index in [-0.39, 0.29) is 11.3 Å². The second-order valence-corrected chi connectivity index (χ2v) is 7.04. The van der Waals surface area contributed by atoms with Gasteiger partial charge in [0, 0.05) is 44.1 Å². The zero-order valence-corrected chi connectivity index (χ0v) is 13.9. The van der Waals surface area contributed by atoms with Gasteiger partial charge in [-0.1, -0.05) is 20.8 Å². The molecule has 2 aromatic rings. The standard InChI is InChI=1S/C17H23N5O/c1-17(2,3)11-20-16(23)14-13-10-19-7-8-22(13)15(21-14)12-5-4-6-18-9-12/h4-6,9,19H,7-8,10-11H2,1-3H3,(H,20,23). The van der Waals surface area contributed by atoms with Crippen LogP contribution in [-0.4, -0.2) is 33.5 Å². The Hall–Kier alpha value is -2.21. The van der Waals surface area contributed by atoms with Gasteiger partial charge in [-0.2, -0.15) is 0 Å². The molecule has 2 N–H and O–H groups in total. The molecule has 0 radical (unpaired) electrons. The molecule has 6 heteroatoms. The summed E-state index contributed by atoms with van der Waals surface area (Å²) >= 11 is 0. The third-order valence-corrected chi connectivity index (χ3v) is 3.79. The molecule has 0 aromatic carbocycles. The zero-order valence-electron chi connectivity index (χ0n) is 13.9. The molecule has 0 saturated carbocycles. The third kappa shape index (κ3) is 3.42. The second kappa shape index (κ2) is 6.12. The monoisotopic (exact) mass is 313 g/mol. The van der Waals surface area contributed by atoms with Crippen molar-refractivity contribution in [2.24, 2.45) is 5.41 Å². The van der Waals surface area contributed by atoms with E-state index in [0.717, 1.165) is 30.2 Å². The number of aromatic nitrogens is 3. The van der Waals surface area contributed by atoms with Crippen molar-refractivity contribution in [2.45, 2.75) is 33.9 Å². The molecule has 3 heterocycles. The molecule has 0 spiro atoms. The van der Waals surface area contributed by atoms with Gasteiger partial charge in [0.2, 0.25) is 0 Å². The number of pyridine rings is 1. The molecule has 1 amide bonds. The fourth-order valence-corrected chi connectivity index (χ4v) is 2.63. The average molecular weight is 313 g/mol. The number of imidazole rings is 1. The summed E-state index contributed by atoms with van der Waals surface area (Å²) < 4.78 is 2.12. The van der Waals surface area contributed by atoms with Crippen LogP contribution >= 0.6 is 0 Å². The summed E-state index contributed by atoms with van der Waals surface area (Å²) in [5.74, 6) is 0.707. The van der Waals surface area contributed by atoms with E-state index < -0.39 is 0 Å². The normalized spacial score (nSPS) is 14.4. The molecule has 0 aliphatic carbocycles. The van der Waals surface area contributed by atoms with Crippen molar-refractivity contribution in [1.82, 2.24) is 25.2 Å². The number of nitrogens with zero attached hydrogens (tertiary/aromatic N) is 3. The topological polar surface area (TPSA) is 71.8 Å². The van der Waals surface area contributed by atoms with Gasteiger partial charge in [0.05, 0.1) is 5.69 Å². The summed E-state index contributed by atoms with van der Waals surface area (Å²) in [5, 5.41) is 6.31. The van der Waals surface area contributed by atoms with Gasteiger partial charge in [-0.25, -0.2) is 4.98 Å². The summed E-state index contributed by atoms with van der Waals surface area (Å²) in [6.45, 7) is 9.24. The van der Waals surface area contributed by atoms with Crippen LogP contribution in [0.2, 0.25) is 0 Å². The van der Waals surface area contributed by atoms with Crippen molar-refractivity contribution >= 4 is 5.91 Å². The largest absolute Gasteiger partial charge is 0.350 e. The van der Waals surface area contributed by atoms with Crippen molar-refractivity contribution in [1.29, 1.82) is 0 Å². The van der Waals surface area contributed by atoms with Crippen molar-refractivity contribution < 1.29 is 4.79 Å². The molecule has 0 atom stereocenters. The molecule has 122 valence electrons. The lowest BCUT2D eigenvalue weighted by atomic mass is 9.97. The molecule has 2 aromatic heterocycles. The van der Waals surface area contributed by atoms with Gasteiger partial charge in [-0.3, -0.25) is 9.78 Å². The molecule has 0 saturated heterocycles. The van der Waals surface area contributed by atoms with Crippen LogP contribution < -0.4 is 10.6 Å².